The number of halogens is 1. The fourth-order valence-electron chi connectivity index (χ4n) is 0.768. The predicted molar refractivity (Wildman–Crippen MR) is 55.4 cm³/mol. The molecule has 5 heteroatoms. The Kier molecular flexibility index (Phi) is 4.25. The van der Waals surface area contributed by atoms with Crippen LogP contribution in [0.5, 0.6) is 0 Å². The highest BCUT2D eigenvalue weighted by Gasteiger charge is 1.94. The number of carbonyl (C=O) groups excluding carboxylic acids is 1. The van der Waals surface area contributed by atoms with E-state index in [0.717, 1.165) is 0 Å². The molecule has 1 heterocycles. The highest BCUT2D eigenvalue weighted by molar-refractivity contribution is 9.10. The molecule has 0 radical (unpaired) electrons. The van der Waals surface area contributed by atoms with Gasteiger partial charge in [0.25, 0.3) is 0 Å². The Hall–Kier alpha value is -1.23. The van der Waals surface area contributed by atoms with Crippen molar-refractivity contribution in [2.24, 2.45) is 0 Å². The Balaban J connectivity index is 2.52. The van der Waals surface area contributed by atoms with Crippen LogP contribution in [0.3, 0.4) is 0 Å². The van der Waals surface area contributed by atoms with Crippen LogP contribution in [-0.4, -0.2) is 23.0 Å². The highest BCUT2D eigenvalue weighted by atomic mass is 79.9. The van der Waals surface area contributed by atoms with E-state index in [1.165, 1.54) is 7.11 Å². The zero-order valence-corrected chi connectivity index (χ0v) is 9.19. The van der Waals surface area contributed by atoms with Crippen LogP contribution in [0.25, 0.3) is 6.08 Å². The second-order valence-corrected chi connectivity index (χ2v) is 3.26. The Morgan fingerprint density at radius 1 is 1.57 bits per heavy atom. The molecule has 0 saturated heterocycles. The lowest BCUT2D eigenvalue weighted by Gasteiger charge is -1.93. The molecule has 0 aliphatic rings. The third kappa shape index (κ3) is 3.66. The van der Waals surface area contributed by atoms with Crippen molar-refractivity contribution < 1.29 is 9.53 Å². The molecular formula is C9H9BrN2O2. The van der Waals surface area contributed by atoms with Crippen molar-refractivity contribution in [2.75, 3.05) is 7.11 Å². The number of hydrogen-bond acceptors (Lipinski definition) is 4. The smallest absolute Gasteiger partial charge is 0.309 e. The molecule has 1 rings (SSSR count). The second kappa shape index (κ2) is 5.49. The molecule has 0 amide bonds. The topological polar surface area (TPSA) is 52.1 Å². The molecule has 0 fully saturated rings. The van der Waals surface area contributed by atoms with Gasteiger partial charge in [-0.3, -0.25) is 9.78 Å². The number of ether oxygens (including phenoxy) is 1. The maximum absolute atomic E-state index is 10.7. The van der Waals surface area contributed by atoms with Gasteiger partial charge in [-0.2, -0.15) is 0 Å². The monoisotopic (exact) mass is 256 g/mol. The third-order valence-corrected chi connectivity index (χ3v) is 1.85. The van der Waals surface area contributed by atoms with Crippen molar-refractivity contribution in [1.82, 2.24) is 9.97 Å². The number of nitrogens with zero attached hydrogens (tertiary/aromatic N) is 2. The number of aromatic nitrogens is 2. The van der Waals surface area contributed by atoms with E-state index in [0.29, 0.717) is 10.3 Å². The zero-order chi connectivity index (χ0) is 10.4. The number of methoxy groups -OCH3 is 1. The molecule has 4 nitrogen and oxygen atoms in total. The minimum absolute atomic E-state index is 0.244. The normalized spacial score (nSPS) is 10.4. The van der Waals surface area contributed by atoms with Crippen LogP contribution in [-0.2, 0) is 9.53 Å². The van der Waals surface area contributed by atoms with Crippen LogP contribution < -0.4 is 0 Å². The average molecular weight is 257 g/mol. The van der Waals surface area contributed by atoms with E-state index in [1.807, 2.05) is 0 Å². The van der Waals surface area contributed by atoms with Gasteiger partial charge < -0.3 is 4.74 Å². The Morgan fingerprint density at radius 2 is 2.36 bits per heavy atom. The van der Waals surface area contributed by atoms with E-state index >= 15 is 0 Å². The Labute approximate surface area is 90.1 Å². The van der Waals surface area contributed by atoms with Gasteiger partial charge in [-0.15, -0.1) is 0 Å². The van der Waals surface area contributed by atoms with Gasteiger partial charge >= 0.3 is 5.97 Å². The molecular weight excluding hydrogens is 248 g/mol. The van der Waals surface area contributed by atoms with Gasteiger partial charge in [-0.25, -0.2) is 4.98 Å². The molecule has 0 N–H and O–H groups in total. The predicted octanol–water partition coefficient (Wildman–Crippen LogP) is 1.82. The first-order valence-corrected chi connectivity index (χ1v) is 4.72. The van der Waals surface area contributed by atoms with Gasteiger partial charge in [0.05, 0.1) is 31.6 Å². The summed E-state index contributed by atoms with van der Waals surface area (Å²) in [6.45, 7) is 0. The van der Waals surface area contributed by atoms with Crippen molar-refractivity contribution in [3.05, 3.63) is 28.8 Å². The van der Waals surface area contributed by atoms with Crippen LogP contribution in [0, 0.1) is 0 Å². The molecule has 0 bridgehead atoms. The molecule has 14 heavy (non-hydrogen) atoms. The van der Waals surface area contributed by atoms with Crippen molar-refractivity contribution in [2.45, 2.75) is 6.42 Å². The lowest BCUT2D eigenvalue weighted by molar-refractivity contribution is -0.139. The first kappa shape index (κ1) is 10.8. The van der Waals surface area contributed by atoms with Gasteiger partial charge in [-0.05, 0) is 22.0 Å². The Morgan fingerprint density at radius 3 is 2.93 bits per heavy atom. The van der Waals surface area contributed by atoms with E-state index in [4.69, 9.17) is 0 Å². The summed E-state index contributed by atoms with van der Waals surface area (Å²) < 4.78 is 5.16. The van der Waals surface area contributed by atoms with Crippen LogP contribution in [0.15, 0.2) is 23.1 Å². The largest absolute Gasteiger partial charge is 0.469 e. The van der Waals surface area contributed by atoms with E-state index in [1.54, 1.807) is 24.5 Å². The quantitative estimate of drug-likeness (QED) is 0.775. The van der Waals surface area contributed by atoms with Crippen molar-refractivity contribution >= 4 is 28.0 Å². The fourth-order valence-corrected chi connectivity index (χ4v) is 0.972. The molecule has 0 aliphatic heterocycles. The summed E-state index contributed by atoms with van der Waals surface area (Å²) in [5.41, 5.74) is 0.706. The molecule has 0 saturated carbocycles. The van der Waals surface area contributed by atoms with Crippen LogP contribution in [0.2, 0.25) is 0 Å². The zero-order valence-electron chi connectivity index (χ0n) is 7.61. The minimum atomic E-state index is -0.272. The van der Waals surface area contributed by atoms with Gasteiger partial charge in [0.2, 0.25) is 0 Å². The number of hydrogen-bond donors (Lipinski definition) is 0. The third-order valence-electron chi connectivity index (χ3n) is 1.44. The maximum atomic E-state index is 10.7. The van der Waals surface area contributed by atoms with E-state index in [9.17, 15) is 4.79 Å². The average Bonchev–Trinajstić information content (AvgIpc) is 2.21. The molecule has 74 valence electrons. The van der Waals surface area contributed by atoms with Crippen molar-refractivity contribution in [1.29, 1.82) is 0 Å². The number of rotatable bonds is 3. The number of esters is 1. The van der Waals surface area contributed by atoms with Crippen molar-refractivity contribution in [3.8, 4) is 0 Å². The van der Waals surface area contributed by atoms with Gasteiger partial charge in [-0.1, -0.05) is 6.08 Å². The summed E-state index contributed by atoms with van der Waals surface area (Å²) in [7, 11) is 1.36. The lowest BCUT2D eigenvalue weighted by Crippen LogP contribution is -1.96. The molecule has 1 aromatic rings. The van der Waals surface area contributed by atoms with Gasteiger partial charge in [0.1, 0.15) is 4.60 Å². The van der Waals surface area contributed by atoms with Crippen LogP contribution in [0.1, 0.15) is 12.1 Å². The maximum Gasteiger partial charge on any atom is 0.309 e. The first-order valence-electron chi connectivity index (χ1n) is 3.93. The van der Waals surface area contributed by atoms with Crippen LogP contribution >= 0.6 is 15.9 Å². The first-order chi connectivity index (χ1) is 6.72. The SMILES string of the molecule is COC(=O)CC=Cc1cnc(Br)cn1. The summed E-state index contributed by atoms with van der Waals surface area (Å²) in [6.07, 6.45) is 6.85. The summed E-state index contributed by atoms with van der Waals surface area (Å²) in [6, 6.07) is 0. The van der Waals surface area contributed by atoms with Gasteiger partial charge in [0.15, 0.2) is 0 Å². The molecule has 0 unspecified atom stereocenters. The fraction of sp³-hybridized carbons (Fsp3) is 0.222. The molecule has 0 aliphatic carbocycles. The molecule has 0 spiro atoms. The minimum Gasteiger partial charge on any atom is -0.469 e. The van der Waals surface area contributed by atoms with E-state index in [2.05, 4.69) is 30.6 Å². The molecule has 0 aromatic carbocycles. The standard InChI is InChI=1S/C9H9BrN2O2/c1-14-9(13)4-2-3-7-5-12-8(10)6-11-7/h2-3,5-6H,4H2,1H3. The van der Waals surface area contributed by atoms with E-state index in [-0.39, 0.29) is 12.4 Å². The summed E-state index contributed by atoms with van der Waals surface area (Å²) in [5, 5.41) is 0. The summed E-state index contributed by atoms with van der Waals surface area (Å²) >= 11 is 3.18. The van der Waals surface area contributed by atoms with Crippen molar-refractivity contribution in [3.63, 3.8) is 0 Å². The van der Waals surface area contributed by atoms with E-state index < -0.39 is 0 Å². The number of carbonyl (C=O) groups is 1. The molecule has 1 aromatic heterocycles. The highest BCUT2D eigenvalue weighted by Crippen LogP contribution is 2.04. The van der Waals surface area contributed by atoms with Gasteiger partial charge in [0, 0.05) is 0 Å². The summed E-state index contributed by atoms with van der Waals surface area (Å²) in [5.74, 6) is -0.272. The second-order valence-electron chi connectivity index (χ2n) is 2.45. The molecule has 0 atom stereocenters. The Bertz CT molecular complexity index is 335. The summed E-state index contributed by atoms with van der Waals surface area (Å²) in [4.78, 5) is 18.8. The van der Waals surface area contributed by atoms with Crippen LogP contribution in [0.4, 0.5) is 0 Å². The lowest BCUT2D eigenvalue weighted by atomic mass is 10.3.